The largest absolute Gasteiger partial charge is 0.489 e. The van der Waals surface area contributed by atoms with Crippen molar-refractivity contribution >= 4 is 5.91 Å². The van der Waals surface area contributed by atoms with E-state index in [0.717, 1.165) is 23.3 Å². The predicted octanol–water partition coefficient (Wildman–Crippen LogP) is 3.16. The van der Waals surface area contributed by atoms with E-state index in [4.69, 9.17) is 4.74 Å². The third-order valence-corrected chi connectivity index (χ3v) is 4.23. The van der Waals surface area contributed by atoms with Crippen molar-refractivity contribution in [3.63, 3.8) is 0 Å². The Kier molecular flexibility index (Phi) is 6.57. The van der Waals surface area contributed by atoms with Gasteiger partial charge >= 0.3 is 0 Å². The molecule has 0 aliphatic heterocycles. The number of para-hydroxylation sites is 1. The molecular weight excluding hydrogens is 354 g/mol. The Morgan fingerprint density at radius 2 is 1.71 bits per heavy atom. The number of nitrogens with one attached hydrogen (secondary N) is 1. The molecule has 1 amide bonds. The monoisotopic (exact) mass is 377 g/mol. The first kappa shape index (κ1) is 19.4. The van der Waals surface area contributed by atoms with E-state index in [1.54, 1.807) is 0 Å². The number of nitrogens with zero attached hydrogens (tertiary/aromatic N) is 2. The zero-order chi connectivity index (χ0) is 19.8. The van der Waals surface area contributed by atoms with Crippen LogP contribution in [0.2, 0.25) is 0 Å². The highest BCUT2D eigenvalue weighted by Gasteiger charge is 2.11. The Morgan fingerprint density at radius 1 is 1.00 bits per heavy atom. The first-order chi connectivity index (χ1) is 13.7. The fourth-order valence-electron chi connectivity index (χ4n) is 2.76. The van der Waals surface area contributed by atoms with Gasteiger partial charge in [0, 0.05) is 19.2 Å². The van der Waals surface area contributed by atoms with Crippen LogP contribution in [-0.4, -0.2) is 15.7 Å². The van der Waals surface area contributed by atoms with Crippen molar-refractivity contribution in [3.05, 3.63) is 93.9 Å². The predicted molar refractivity (Wildman–Crippen MR) is 107 cm³/mol. The zero-order valence-corrected chi connectivity index (χ0v) is 15.8. The van der Waals surface area contributed by atoms with Gasteiger partial charge in [-0.1, -0.05) is 49.4 Å². The van der Waals surface area contributed by atoms with Crippen molar-refractivity contribution in [2.45, 2.75) is 33.0 Å². The fraction of sp³-hybridized carbons (Fsp3) is 0.227. The third-order valence-electron chi connectivity index (χ3n) is 4.23. The van der Waals surface area contributed by atoms with Crippen molar-refractivity contribution in [2.24, 2.45) is 0 Å². The van der Waals surface area contributed by atoms with Gasteiger partial charge in [0.25, 0.3) is 11.5 Å². The molecule has 0 fully saturated rings. The van der Waals surface area contributed by atoms with Crippen molar-refractivity contribution in [2.75, 3.05) is 0 Å². The number of aryl methyl sites for hydroxylation is 1. The molecule has 2 aromatic carbocycles. The lowest BCUT2D eigenvalue weighted by Crippen LogP contribution is -2.29. The Hall–Kier alpha value is -3.41. The topological polar surface area (TPSA) is 73.2 Å². The number of carbonyl (C=O) groups excluding carboxylic acids is 1. The summed E-state index contributed by atoms with van der Waals surface area (Å²) in [5.41, 5.74) is 1.98. The third kappa shape index (κ3) is 5.07. The molecule has 0 unspecified atom stereocenters. The maximum absolute atomic E-state index is 12.5. The molecule has 3 aromatic rings. The molecule has 0 aliphatic carbocycles. The van der Waals surface area contributed by atoms with Gasteiger partial charge in [-0.05, 0) is 35.7 Å². The van der Waals surface area contributed by atoms with Gasteiger partial charge < -0.3 is 10.1 Å². The second-order valence-corrected chi connectivity index (χ2v) is 6.33. The zero-order valence-electron chi connectivity index (χ0n) is 15.8. The summed E-state index contributed by atoms with van der Waals surface area (Å²) in [5, 5.41) is 7.01. The Morgan fingerprint density at radius 3 is 2.46 bits per heavy atom. The molecule has 144 valence electrons. The van der Waals surface area contributed by atoms with E-state index in [0.29, 0.717) is 19.7 Å². The normalized spacial score (nSPS) is 10.5. The summed E-state index contributed by atoms with van der Waals surface area (Å²) < 4.78 is 7.13. The van der Waals surface area contributed by atoms with E-state index in [2.05, 4.69) is 10.4 Å². The average Bonchev–Trinajstić information content (AvgIpc) is 2.73. The van der Waals surface area contributed by atoms with Crippen molar-refractivity contribution < 1.29 is 9.53 Å². The molecule has 0 aliphatic rings. The molecular formula is C22H23N3O3. The van der Waals surface area contributed by atoms with Gasteiger partial charge in [-0.3, -0.25) is 9.59 Å². The first-order valence-corrected chi connectivity index (χ1v) is 9.28. The second kappa shape index (κ2) is 9.50. The molecule has 1 N–H and O–H groups in total. The standard InChI is InChI=1S/C22H23N3O3/c1-2-14-25-21(26)13-12-20(24-25)22(27)23-15-17-8-6-7-9-18(17)16-28-19-10-4-3-5-11-19/h3-13H,2,14-16H2,1H3,(H,23,27). The van der Waals surface area contributed by atoms with Crippen LogP contribution in [0.5, 0.6) is 5.75 Å². The fourth-order valence-corrected chi connectivity index (χ4v) is 2.76. The van der Waals surface area contributed by atoms with Crippen LogP contribution in [0, 0.1) is 0 Å². The lowest BCUT2D eigenvalue weighted by molar-refractivity contribution is 0.0943. The molecule has 6 heteroatoms. The van der Waals surface area contributed by atoms with Gasteiger partial charge in [-0.2, -0.15) is 5.10 Å². The summed E-state index contributed by atoms with van der Waals surface area (Å²) in [6, 6.07) is 20.2. The molecule has 6 nitrogen and oxygen atoms in total. The minimum atomic E-state index is -0.316. The SMILES string of the molecule is CCCn1nc(C(=O)NCc2ccccc2COc2ccccc2)ccc1=O. The Labute approximate surface area is 163 Å². The van der Waals surface area contributed by atoms with Crippen molar-refractivity contribution in [3.8, 4) is 5.75 Å². The molecule has 0 radical (unpaired) electrons. The molecule has 0 atom stereocenters. The van der Waals surface area contributed by atoms with Crippen LogP contribution in [0.25, 0.3) is 0 Å². The van der Waals surface area contributed by atoms with E-state index in [1.165, 1.54) is 16.8 Å². The number of aromatic nitrogens is 2. The van der Waals surface area contributed by atoms with Gasteiger partial charge in [0.1, 0.15) is 18.1 Å². The van der Waals surface area contributed by atoms with Crippen LogP contribution in [0.15, 0.2) is 71.5 Å². The quantitative estimate of drug-likeness (QED) is 0.654. The van der Waals surface area contributed by atoms with Crippen LogP contribution in [-0.2, 0) is 19.7 Å². The number of hydrogen-bond donors (Lipinski definition) is 1. The van der Waals surface area contributed by atoms with Gasteiger partial charge in [0.15, 0.2) is 0 Å². The lowest BCUT2D eigenvalue weighted by Gasteiger charge is -2.12. The number of hydrogen-bond acceptors (Lipinski definition) is 4. The van der Waals surface area contributed by atoms with Crippen molar-refractivity contribution in [1.29, 1.82) is 0 Å². The molecule has 0 spiro atoms. The van der Waals surface area contributed by atoms with Gasteiger partial charge in [-0.15, -0.1) is 0 Å². The highest BCUT2D eigenvalue weighted by Crippen LogP contribution is 2.14. The highest BCUT2D eigenvalue weighted by atomic mass is 16.5. The molecule has 1 heterocycles. The Balaban J connectivity index is 1.65. The van der Waals surface area contributed by atoms with Gasteiger partial charge in [0.05, 0.1) is 0 Å². The highest BCUT2D eigenvalue weighted by molar-refractivity contribution is 5.91. The number of ether oxygens (including phenoxy) is 1. The summed E-state index contributed by atoms with van der Waals surface area (Å²) in [5.74, 6) is 0.479. The number of amides is 1. The summed E-state index contributed by atoms with van der Waals surface area (Å²) in [6.07, 6.45) is 0.771. The van der Waals surface area contributed by atoms with Crippen LogP contribution < -0.4 is 15.6 Å². The van der Waals surface area contributed by atoms with Crippen LogP contribution in [0.1, 0.15) is 35.0 Å². The maximum Gasteiger partial charge on any atom is 0.271 e. The minimum absolute atomic E-state index is 0.207. The molecule has 0 saturated carbocycles. The van der Waals surface area contributed by atoms with Crippen molar-refractivity contribution in [1.82, 2.24) is 15.1 Å². The van der Waals surface area contributed by atoms with E-state index in [9.17, 15) is 9.59 Å². The minimum Gasteiger partial charge on any atom is -0.489 e. The number of carbonyl (C=O) groups is 1. The first-order valence-electron chi connectivity index (χ1n) is 9.28. The molecule has 1 aromatic heterocycles. The smallest absolute Gasteiger partial charge is 0.271 e. The average molecular weight is 377 g/mol. The second-order valence-electron chi connectivity index (χ2n) is 6.33. The number of rotatable bonds is 8. The molecule has 0 saturated heterocycles. The summed E-state index contributed by atoms with van der Waals surface area (Å²) in [4.78, 5) is 24.2. The van der Waals surface area contributed by atoms with Crippen LogP contribution >= 0.6 is 0 Å². The summed E-state index contributed by atoms with van der Waals surface area (Å²) in [7, 11) is 0. The van der Waals surface area contributed by atoms with E-state index in [1.807, 2.05) is 61.5 Å². The molecule has 28 heavy (non-hydrogen) atoms. The number of benzene rings is 2. The van der Waals surface area contributed by atoms with Gasteiger partial charge in [0.2, 0.25) is 0 Å². The van der Waals surface area contributed by atoms with E-state index < -0.39 is 0 Å². The van der Waals surface area contributed by atoms with Crippen LogP contribution in [0.4, 0.5) is 0 Å². The lowest BCUT2D eigenvalue weighted by atomic mass is 10.1. The van der Waals surface area contributed by atoms with Crippen LogP contribution in [0.3, 0.4) is 0 Å². The summed E-state index contributed by atoms with van der Waals surface area (Å²) in [6.45, 7) is 3.20. The Bertz CT molecular complexity index is 984. The molecule has 3 rings (SSSR count). The molecule has 0 bridgehead atoms. The van der Waals surface area contributed by atoms with E-state index >= 15 is 0 Å². The summed E-state index contributed by atoms with van der Waals surface area (Å²) >= 11 is 0. The maximum atomic E-state index is 12.5. The van der Waals surface area contributed by atoms with E-state index in [-0.39, 0.29) is 17.2 Å². The van der Waals surface area contributed by atoms with Gasteiger partial charge in [-0.25, -0.2) is 4.68 Å².